The largest absolute Gasteiger partial charge is 0.478 e. The number of carboxylic acids is 1. The molecule has 194 valence electrons. The Morgan fingerprint density at radius 3 is 1.58 bits per heavy atom. The van der Waals surface area contributed by atoms with Crippen molar-refractivity contribution in [3.8, 4) is 11.1 Å². The molecule has 0 aliphatic heterocycles. The summed E-state index contributed by atoms with van der Waals surface area (Å²) < 4.78 is 0. The van der Waals surface area contributed by atoms with Crippen molar-refractivity contribution in [3.63, 3.8) is 0 Å². The number of fused-ring (bicyclic) bond motifs is 3. The van der Waals surface area contributed by atoms with Gasteiger partial charge in [-0.1, -0.05) is 88.4 Å². The number of carbonyl (C=O) groups is 1. The van der Waals surface area contributed by atoms with E-state index in [2.05, 4.69) is 76.2 Å². The number of aryl methyl sites for hydroxylation is 4. The van der Waals surface area contributed by atoms with Gasteiger partial charge in [-0.25, -0.2) is 4.79 Å². The molecular formula is C34H36N2O2. The molecule has 0 unspecified atom stereocenters. The van der Waals surface area contributed by atoms with E-state index in [0.29, 0.717) is 5.56 Å². The van der Waals surface area contributed by atoms with Gasteiger partial charge < -0.3 is 16.6 Å². The van der Waals surface area contributed by atoms with Gasteiger partial charge in [0.25, 0.3) is 0 Å². The van der Waals surface area contributed by atoms with Gasteiger partial charge >= 0.3 is 5.97 Å². The fraction of sp³-hybridized carbons (Fsp3) is 0.265. The lowest BCUT2D eigenvalue weighted by Gasteiger charge is -2.36. The maximum Gasteiger partial charge on any atom is 0.336 e. The third-order valence-corrected chi connectivity index (χ3v) is 8.39. The van der Waals surface area contributed by atoms with E-state index in [4.69, 9.17) is 11.5 Å². The van der Waals surface area contributed by atoms with Crippen molar-refractivity contribution in [1.82, 2.24) is 0 Å². The van der Waals surface area contributed by atoms with Crippen LogP contribution in [-0.4, -0.2) is 11.1 Å². The van der Waals surface area contributed by atoms with Crippen molar-refractivity contribution >= 4 is 17.3 Å². The first-order valence-corrected chi connectivity index (χ1v) is 13.6. The smallest absolute Gasteiger partial charge is 0.336 e. The Hall–Kier alpha value is -4.05. The zero-order valence-electron chi connectivity index (χ0n) is 22.7. The molecule has 0 radical (unpaired) electrons. The quantitative estimate of drug-likeness (QED) is 0.205. The summed E-state index contributed by atoms with van der Waals surface area (Å²) in [5, 5.41) is 10.3. The molecule has 4 heteroatoms. The number of nitrogens with two attached hydrogens (primary N) is 2. The highest BCUT2D eigenvalue weighted by Crippen LogP contribution is 2.58. The summed E-state index contributed by atoms with van der Waals surface area (Å²) in [6.45, 7) is 8.53. The predicted molar refractivity (Wildman–Crippen MR) is 157 cm³/mol. The third kappa shape index (κ3) is 3.54. The Morgan fingerprint density at radius 2 is 1.13 bits per heavy atom. The molecule has 38 heavy (non-hydrogen) atoms. The Bertz CT molecular complexity index is 1460. The second-order valence-electron chi connectivity index (χ2n) is 10.2. The molecule has 0 amide bonds. The van der Waals surface area contributed by atoms with E-state index >= 15 is 0 Å². The van der Waals surface area contributed by atoms with Crippen LogP contribution in [0.15, 0.2) is 66.7 Å². The molecule has 0 heterocycles. The summed E-state index contributed by atoms with van der Waals surface area (Å²) in [7, 11) is 0. The summed E-state index contributed by atoms with van der Waals surface area (Å²) in [5.41, 5.74) is 25.1. The van der Waals surface area contributed by atoms with E-state index in [9.17, 15) is 9.90 Å². The first kappa shape index (κ1) is 25.6. The van der Waals surface area contributed by atoms with E-state index < -0.39 is 11.4 Å². The third-order valence-electron chi connectivity index (χ3n) is 8.39. The van der Waals surface area contributed by atoms with Crippen molar-refractivity contribution in [1.29, 1.82) is 0 Å². The molecule has 4 aromatic carbocycles. The fourth-order valence-electron chi connectivity index (χ4n) is 6.46. The number of hydrogen-bond acceptors (Lipinski definition) is 3. The first-order chi connectivity index (χ1) is 18.3. The summed E-state index contributed by atoms with van der Waals surface area (Å²) in [6, 6.07) is 22.9. The highest BCUT2D eigenvalue weighted by atomic mass is 16.4. The minimum absolute atomic E-state index is 0.320. The van der Waals surface area contributed by atoms with Crippen LogP contribution in [0.25, 0.3) is 11.1 Å². The standard InChI is InChI=1S/C34H36N2O2/c1-5-20-16-24(17-21(6-2)31(20)35)34(25-18-22(7-3)32(36)23(8-4)19-25)28-14-10-9-12-26(28)30-27(33(37)38)13-11-15-29(30)34/h9-19H,5-8,35-36H2,1-4H3,(H,37,38). The molecule has 0 saturated carbocycles. The van der Waals surface area contributed by atoms with Crippen molar-refractivity contribution in [2.45, 2.75) is 58.8 Å². The summed E-state index contributed by atoms with van der Waals surface area (Å²) >= 11 is 0. The second-order valence-corrected chi connectivity index (χ2v) is 10.2. The van der Waals surface area contributed by atoms with Crippen molar-refractivity contribution in [3.05, 3.63) is 117 Å². The van der Waals surface area contributed by atoms with Gasteiger partial charge in [0, 0.05) is 16.9 Å². The zero-order chi connectivity index (χ0) is 27.2. The molecule has 1 aliphatic rings. The predicted octanol–water partition coefficient (Wildman–Crippen LogP) is 7.16. The lowest BCUT2D eigenvalue weighted by Crippen LogP contribution is -2.30. The number of benzene rings is 4. The number of aromatic carboxylic acids is 1. The van der Waals surface area contributed by atoms with Crippen LogP contribution in [0.1, 0.15) is 82.6 Å². The maximum absolute atomic E-state index is 12.5. The van der Waals surface area contributed by atoms with Gasteiger partial charge in [0.15, 0.2) is 0 Å². The number of anilines is 2. The normalized spacial score (nSPS) is 13.3. The first-order valence-electron chi connectivity index (χ1n) is 13.6. The van der Waals surface area contributed by atoms with Gasteiger partial charge in [0.2, 0.25) is 0 Å². The van der Waals surface area contributed by atoms with Crippen molar-refractivity contribution < 1.29 is 9.90 Å². The SMILES string of the molecule is CCc1cc(C2(c3cc(CC)c(N)c(CC)c3)c3ccccc3-c3c(C(=O)O)cccc32)cc(CC)c1N. The van der Waals surface area contributed by atoms with Crippen LogP contribution in [0.2, 0.25) is 0 Å². The summed E-state index contributed by atoms with van der Waals surface area (Å²) in [4.78, 5) is 12.5. The molecule has 4 nitrogen and oxygen atoms in total. The molecular weight excluding hydrogens is 468 g/mol. The van der Waals surface area contributed by atoms with Crippen LogP contribution in [0.4, 0.5) is 11.4 Å². The van der Waals surface area contributed by atoms with E-state index in [-0.39, 0.29) is 0 Å². The summed E-state index contributed by atoms with van der Waals surface area (Å²) in [6.07, 6.45) is 3.26. The average molecular weight is 505 g/mol. The highest BCUT2D eigenvalue weighted by Gasteiger charge is 2.48. The van der Waals surface area contributed by atoms with Crippen molar-refractivity contribution in [2.75, 3.05) is 11.5 Å². The van der Waals surface area contributed by atoms with E-state index in [1.54, 1.807) is 6.07 Å². The lowest BCUT2D eigenvalue weighted by molar-refractivity contribution is 0.0697. The van der Waals surface area contributed by atoms with E-state index in [1.165, 1.54) is 0 Å². The molecule has 0 saturated heterocycles. The Kier molecular flexibility index (Phi) is 6.52. The lowest BCUT2D eigenvalue weighted by atomic mass is 9.66. The van der Waals surface area contributed by atoms with Crippen LogP contribution in [0, 0.1) is 0 Å². The molecule has 0 bridgehead atoms. The fourth-order valence-corrected chi connectivity index (χ4v) is 6.46. The molecule has 1 aliphatic carbocycles. The molecule has 0 atom stereocenters. The van der Waals surface area contributed by atoms with Crippen LogP contribution >= 0.6 is 0 Å². The molecule has 0 aromatic heterocycles. The van der Waals surface area contributed by atoms with E-state index in [1.807, 2.05) is 12.1 Å². The topological polar surface area (TPSA) is 89.3 Å². The average Bonchev–Trinajstić information content (AvgIpc) is 3.24. The number of hydrogen-bond donors (Lipinski definition) is 3. The van der Waals surface area contributed by atoms with Gasteiger partial charge in [0.05, 0.1) is 11.0 Å². The van der Waals surface area contributed by atoms with Crippen LogP contribution in [0.5, 0.6) is 0 Å². The van der Waals surface area contributed by atoms with Gasteiger partial charge in [-0.15, -0.1) is 0 Å². The van der Waals surface area contributed by atoms with Crippen LogP contribution in [0.3, 0.4) is 0 Å². The number of carboxylic acid groups (broad SMARTS) is 1. The minimum Gasteiger partial charge on any atom is -0.478 e. The second kappa shape index (κ2) is 9.68. The van der Waals surface area contributed by atoms with Gasteiger partial charge in [0.1, 0.15) is 0 Å². The molecule has 5 N–H and O–H groups in total. The van der Waals surface area contributed by atoms with Gasteiger partial charge in [-0.2, -0.15) is 0 Å². The number of rotatable bonds is 7. The van der Waals surface area contributed by atoms with E-state index in [0.717, 1.165) is 92.7 Å². The monoisotopic (exact) mass is 504 g/mol. The Labute approximate surface area is 225 Å². The van der Waals surface area contributed by atoms with Crippen molar-refractivity contribution in [2.24, 2.45) is 0 Å². The minimum atomic E-state index is -0.922. The van der Waals surface area contributed by atoms with Gasteiger partial charge in [-0.05, 0) is 81.8 Å². The molecule has 0 fully saturated rings. The maximum atomic E-state index is 12.5. The zero-order valence-corrected chi connectivity index (χ0v) is 22.7. The molecule has 0 spiro atoms. The molecule has 4 aromatic rings. The Balaban J connectivity index is 2.04. The Morgan fingerprint density at radius 1 is 0.684 bits per heavy atom. The molecule has 5 rings (SSSR count). The van der Waals surface area contributed by atoms with Crippen LogP contribution in [-0.2, 0) is 31.1 Å². The van der Waals surface area contributed by atoms with Gasteiger partial charge in [-0.3, -0.25) is 0 Å². The highest BCUT2D eigenvalue weighted by molar-refractivity contribution is 6.01. The van der Waals surface area contributed by atoms with Crippen LogP contribution < -0.4 is 11.5 Å². The number of nitrogen functional groups attached to an aromatic ring is 2. The summed E-state index contributed by atoms with van der Waals surface area (Å²) in [5.74, 6) is -0.922.